The van der Waals surface area contributed by atoms with Gasteiger partial charge in [0.15, 0.2) is 0 Å². The summed E-state index contributed by atoms with van der Waals surface area (Å²) in [6.07, 6.45) is 10.4. The van der Waals surface area contributed by atoms with Crippen molar-refractivity contribution in [2.24, 2.45) is 0 Å². The Bertz CT molecular complexity index is 532. The Morgan fingerprint density at radius 1 is 1.22 bits per heavy atom. The molecule has 2 aromatic rings. The fourth-order valence-corrected chi connectivity index (χ4v) is 2.64. The summed E-state index contributed by atoms with van der Waals surface area (Å²) >= 11 is 0. The molecule has 0 amide bonds. The number of pyridine rings is 1. The molecule has 126 valence electrons. The fraction of sp³-hybridized carbons (Fsp3) is 0.611. The van der Waals surface area contributed by atoms with E-state index in [-0.39, 0.29) is 0 Å². The smallest absolute Gasteiger partial charge is 0.230 e. The Morgan fingerprint density at radius 3 is 2.65 bits per heavy atom. The van der Waals surface area contributed by atoms with Crippen molar-refractivity contribution in [1.29, 1.82) is 0 Å². The molecule has 0 N–H and O–H groups in total. The van der Waals surface area contributed by atoms with E-state index in [4.69, 9.17) is 9.26 Å². The summed E-state index contributed by atoms with van der Waals surface area (Å²) in [4.78, 5) is 8.69. The number of unbranched alkanes of at least 4 members (excludes halogenated alkanes) is 1. The standard InChI is InChI=1S/C13H15N3O.C5H12O/c1-2-6-10(7-3-1)13-15-12(16-17-13)11-8-4-5-9-14-11;1-3-4-5-6-2/h4-5,8-10H,1-3,6-7H2;3-5H2,1-2H3. The predicted octanol–water partition coefficient (Wildman–Crippen LogP) is 4.61. The molecule has 1 fully saturated rings. The molecule has 2 heterocycles. The highest BCUT2D eigenvalue weighted by atomic mass is 16.5. The first-order valence-electron chi connectivity index (χ1n) is 8.59. The lowest BCUT2D eigenvalue weighted by atomic mass is 9.89. The van der Waals surface area contributed by atoms with Gasteiger partial charge in [0.25, 0.3) is 0 Å². The summed E-state index contributed by atoms with van der Waals surface area (Å²) in [5.74, 6) is 1.84. The van der Waals surface area contributed by atoms with E-state index in [1.54, 1.807) is 13.3 Å². The normalized spacial score (nSPS) is 15.0. The third-order valence-corrected chi connectivity index (χ3v) is 3.99. The van der Waals surface area contributed by atoms with Crippen molar-refractivity contribution in [3.63, 3.8) is 0 Å². The van der Waals surface area contributed by atoms with E-state index in [1.807, 2.05) is 18.2 Å². The van der Waals surface area contributed by atoms with Crippen LogP contribution in [-0.4, -0.2) is 28.8 Å². The largest absolute Gasteiger partial charge is 0.385 e. The van der Waals surface area contributed by atoms with Crippen LogP contribution in [-0.2, 0) is 4.74 Å². The summed E-state index contributed by atoms with van der Waals surface area (Å²) in [5, 5.41) is 4.01. The lowest BCUT2D eigenvalue weighted by Gasteiger charge is -2.17. The van der Waals surface area contributed by atoms with Gasteiger partial charge in [-0.3, -0.25) is 4.98 Å². The highest BCUT2D eigenvalue weighted by molar-refractivity contribution is 5.47. The number of hydrogen-bond donors (Lipinski definition) is 0. The average molecular weight is 317 g/mol. The van der Waals surface area contributed by atoms with Gasteiger partial charge in [0.2, 0.25) is 11.7 Å². The van der Waals surface area contributed by atoms with Gasteiger partial charge < -0.3 is 9.26 Å². The third-order valence-electron chi connectivity index (χ3n) is 3.99. The number of aromatic nitrogens is 3. The van der Waals surface area contributed by atoms with Gasteiger partial charge in [0, 0.05) is 25.8 Å². The maximum absolute atomic E-state index is 5.36. The topological polar surface area (TPSA) is 61.0 Å². The molecule has 0 aromatic carbocycles. The van der Waals surface area contributed by atoms with Gasteiger partial charge in [0.05, 0.1) is 0 Å². The van der Waals surface area contributed by atoms with Gasteiger partial charge in [-0.15, -0.1) is 0 Å². The molecule has 5 heteroatoms. The van der Waals surface area contributed by atoms with Gasteiger partial charge in [-0.05, 0) is 31.4 Å². The zero-order chi connectivity index (χ0) is 16.3. The van der Waals surface area contributed by atoms with Crippen LogP contribution in [0.4, 0.5) is 0 Å². The number of methoxy groups -OCH3 is 1. The van der Waals surface area contributed by atoms with E-state index in [1.165, 1.54) is 44.9 Å². The van der Waals surface area contributed by atoms with E-state index in [2.05, 4.69) is 22.0 Å². The summed E-state index contributed by atoms with van der Waals surface area (Å²) < 4.78 is 10.1. The minimum atomic E-state index is 0.453. The van der Waals surface area contributed by atoms with Crippen LogP contribution in [0.1, 0.15) is 63.7 Å². The van der Waals surface area contributed by atoms with Crippen LogP contribution in [0.3, 0.4) is 0 Å². The Morgan fingerprint density at radius 2 is 2.04 bits per heavy atom. The molecule has 1 aliphatic rings. The van der Waals surface area contributed by atoms with Crippen molar-refractivity contribution in [1.82, 2.24) is 15.1 Å². The van der Waals surface area contributed by atoms with Crippen molar-refractivity contribution >= 4 is 0 Å². The second-order valence-electron chi connectivity index (χ2n) is 5.85. The maximum Gasteiger partial charge on any atom is 0.230 e. The van der Waals surface area contributed by atoms with Crippen molar-refractivity contribution in [3.05, 3.63) is 30.3 Å². The molecule has 1 saturated carbocycles. The molecule has 5 nitrogen and oxygen atoms in total. The number of ether oxygens (including phenoxy) is 1. The molecule has 0 radical (unpaired) electrons. The Kier molecular flexibility index (Phi) is 7.73. The van der Waals surface area contributed by atoms with Gasteiger partial charge in [-0.1, -0.05) is 43.8 Å². The Hall–Kier alpha value is -1.75. The van der Waals surface area contributed by atoms with E-state index < -0.39 is 0 Å². The molecule has 0 saturated heterocycles. The minimum absolute atomic E-state index is 0.453. The molecular formula is C18H27N3O2. The number of rotatable bonds is 5. The van der Waals surface area contributed by atoms with E-state index in [0.717, 1.165) is 18.2 Å². The first-order chi connectivity index (χ1) is 11.3. The van der Waals surface area contributed by atoms with Gasteiger partial charge in [-0.2, -0.15) is 4.98 Å². The van der Waals surface area contributed by atoms with Gasteiger partial charge in [0.1, 0.15) is 5.69 Å². The van der Waals surface area contributed by atoms with E-state index >= 15 is 0 Å². The zero-order valence-electron chi connectivity index (χ0n) is 14.2. The third kappa shape index (κ3) is 5.75. The summed E-state index contributed by atoms with van der Waals surface area (Å²) in [6.45, 7) is 3.07. The van der Waals surface area contributed by atoms with Crippen molar-refractivity contribution in [3.8, 4) is 11.5 Å². The van der Waals surface area contributed by atoms with E-state index in [0.29, 0.717) is 11.7 Å². The molecule has 0 atom stereocenters. The summed E-state index contributed by atoms with van der Waals surface area (Å²) in [7, 11) is 1.73. The summed E-state index contributed by atoms with van der Waals surface area (Å²) in [5.41, 5.74) is 0.776. The lowest BCUT2D eigenvalue weighted by Crippen LogP contribution is -2.04. The number of hydrogen-bond acceptors (Lipinski definition) is 5. The van der Waals surface area contributed by atoms with Crippen LogP contribution < -0.4 is 0 Å². The fourth-order valence-electron chi connectivity index (χ4n) is 2.64. The minimum Gasteiger partial charge on any atom is -0.385 e. The highest BCUT2D eigenvalue weighted by Crippen LogP contribution is 2.32. The van der Waals surface area contributed by atoms with Crippen molar-refractivity contribution in [2.45, 2.75) is 57.8 Å². The molecule has 0 aliphatic heterocycles. The SMILES string of the molecule is CCCCOC.c1ccc(-c2noc(C3CCCCC3)n2)nc1. The predicted molar refractivity (Wildman–Crippen MR) is 90.1 cm³/mol. The monoisotopic (exact) mass is 317 g/mol. The van der Waals surface area contributed by atoms with Crippen molar-refractivity contribution in [2.75, 3.05) is 13.7 Å². The van der Waals surface area contributed by atoms with Gasteiger partial charge in [-0.25, -0.2) is 0 Å². The Labute approximate surface area is 138 Å². The van der Waals surface area contributed by atoms with Crippen LogP contribution in [0, 0.1) is 0 Å². The second-order valence-corrected chi connectivity index (χ2v) is 5.85. The molecule has 3 rings (SSSR count). The highest BCUT2D eigenvalue weighted by Gasteiger charge is 2.21. The van der Waals surface area contributed by atoms with Crippen LogP contribution >= 0.6 is 0 Å². The van der Waals surface area contributed by atoms with Gasteiger partial charge >= 0.3 is 0 Å². The maximum atomic E-state index is 5.36. The van der Waals surface area contributed by atoms with E-state index in [9.17, 15) is 0 Å². The first-order valence-corrected chi connectivity index (χ1v) is 8.59. The van der Waals surface area contributed by atoms with Crippen LogP contribution in [0.25, 0.3) is 11.5 Å². The summed E-state index contributed by atoms with van der Waals surface area (Å²) in [6, 6.07) is 5.71. The van der Waals surface area contributed by atoms with Crippen molar-refractivity contribution < 1.29 is 9.26 Å². The lowest BCUT2D eigenvalue weighted by molar-refractivity contribution is 0.194. The van der Waals surface area contributed by atoms with Crippen LogP contribution in [0.2, 0.25) is 0 Å². The molecule has 0 spiro atoms. The molecule has 0 unspecified atom stereocenters. The zero-order valence-corrected chi connectivity index (χ0v) is 14.2. The average Bonchev–Trinajstić information content (AvgIpc) is 3.12. The molecule has 1 aliphatic carbocycles. The van der Waals surface area contributed by atoms with Crippen LogP contribution in [0.15, 0.2) is 28.9 Å². The molecule has 0 bridgehead atoms. The molecular weight excluding hydrogens is 290 g/mol. The molecule has 23 heavy (non-hydrogen) atoms. The molecule has 2 aromatic heterocycles. The van der Waals surface area contributed by atoms with Crippen LogP contribution in [0.5, 0.6) is 0 Å². The Balaban J connectivity index is 0.000000277. The quantitative estimate of drug-likeness (QED) is 0.753. The second kappa shape index (κ2) is 10.1. The number of nitrogens with zero attached hydrogens (tertiary/aromatic N) is 3. The first kappa shape index (κ1) is 17.6.